The fourth-order valence-electron chi connectivity index (χ4n) is 3.15. The molecule has 152 valence electrons. The van der Waals surface area contributed by atoms with E-state index in [1.54, 1.807) is 7.11 Å². The summed E-state index contributed by atoms with van der Waals surface area (Å²) in [6.45, 7) is 7.56. The van der Waals surface area contributed by atoms with E-state index in [2.05, 4.69) is 5.32 Å². The number of hydrogen-bond acceptors (Lipinski definition) is 5. The van der Waals surface area contributed by atoms with Crippen LogP contribution in [0.25, 0.3) is 0 Å². The van der Waals surface area contributed by atoms with E-state index < -0.39 is 11.6 Å². The predicted molar refractivity (Wildman–Crippen MR) is 111 cm³/mol. The number of benzene rings is 2. The molecule has 0 saturated carbocycles. The molecule has 0 aliphatic heterocycles. The van der Waals surface area contributed by atoms with Crippen LogP contribution in [0.2, 0.25) is 0 Å². The van der Waals surface area contributed by atoms with Crippen molar-refractivity contribution < 1.29 is 19.4 Å². The number of ether oxygens (including phenoxy) is 2. The monoisotopic (exact) mass is 385 g/mol. The summed E-state index contributed by atoms with van der Waals surface area (Å²) in [5, 5.41) is 14.2. The average Bonchev–Trinajstić information content (AvgIpc) is 2.67. The van der Waals surface area contributed by atoms with Crippen molar-refractivity contribution in [2.45, 2.75) is 51.9 Å². The second-order valence-corrected chi connectivity index (χ2v) is 7.56. The maximum absolute atomic E-state index is 13.2. The molecule has 2 rings (SSSR count). The molecule has 0 heterocycles. The summed E-state index contributed by atoms with van der Waals surface area (Å²) in [5.41, 5.74) is 0.436. The van der Waals surface area contributed by atoms with Gasteiger partial charge in [-0.3, -0.25) is 0 Å². The molecule has 2 aromatic rings. The van der Waals surface area contributed by atoms with Gasteiger partial charge in [0.05, 0.1) is 19.3 Å². The lowest BCUT2D eigenvalue weighted by molar-refractivity contribution is -0.156. The van der Waals surface area contributed by atoms with Crippen LogP contribution in [0.15, 0.2) is 54.6 Å². The van der Waals surface area contributed by atoms with Gasteiger partial charge in [-0.1, -0.05) is 44.2 Å². The number of methoxy groups -OCH3 is 1. The van der Waals surface area contributed by atoms with Gasteiger partial charge in [-0.2, -0.15) is 0 Å². The maximum Gasteiger partial charge on any atom is 0.332 e. The van der Waals surface area contributed by atoms with Gasteiger partial charge in [-0.15, -0.1) is 0 Å². The van der Waals surface area contributed by atoms with Gasteiger partial charge < -0.3 is 19.9 Å². The second kappa shape index (κ2) is 9.60. The van der Waals surface area contributed by atoms with Crippen molar-refractivity contribution in [2.75, 3.05) is 12.4 Å². The third-order valence-electron chi connectivity index (χ3n) is 4.85. The summed E-state index contributed by atoms with van der Waals surface area (Å²) in [5.74, 6) is 0.234. The van der Waals surface area contributed by atoms with Crippen molar-refractivity contribution in [1.82, 2.24) is 0 Å². The molecular weight excluding hydrogens is 354 g/mol. The summed E-state index contributed by atoms with van der Waals surface area (Å²) < 4.78 is 10.8. The van der Waals surface area contributed by atoms with Crippen LogP contribution >= 0.6 is 0 Å². The van der Waals surface area contributed by atoms with Crippen molar-refractivity contribution in [3.63, 3.8) is 0 Å². The first kappa shape index (κ1) is 21.8. The summed E-state index contributed by atoms with van der Waals surface area (Å²) >= 11 is 0. The molecule has 0 saturated heterocycles. The topological polar surface area (TPSA) is 67.8 Å². The standard InChI is InChI=1S/C23H31NO4/c1-16(2)23(22(26)28-17(3)4,15-21(25)18-9-7-6-8-10-18)24-19-11-13-20(27-5)14-12-19/h6-14,16-17,21,24-25H,15H2,1-5H3/t21-,23?/m1/s1. The molecule has 0 amide bonds. The van der Waals surface area contributed by atoms with E-state index in [0.717, 1.165) is 17.0 Å². The lowest BCUT2D eigenvalue weighted by Gasteiger charge is -2.39. The van der Waals surface area contributed by atoms with Crippen molar-refractivity contribution in [2.24, 2.45) is 5.92 Å². The second-order valence-electron chi connectivity index (χ2n) is 7.56. The Hall–Kier alpha value is -2.53. The molecule has 2 N–H and O–H groups in total. The minimum atomic E-state index is -1.09. The van der Waals surface area contributed by atoms with Gasteiger partial charge in [0, 0.05) is 12.1 Å². The van der Waals surface area contributed by atoms with Gasteiger partial charge in [-0.25, -0.2) is 4.79 Å². The molecule has 28 heavy (non-hydrogen) atoms. The Kier molecular flexibility index (Phi) is 7.46. The van der Waals surface area contributed by atoms with E-state index in [1.807, 2.05) is 82.3 Å². The third-order valence-corrected chi connectivity index (χ3v) is 4.85. The predicted octanol–water partition coefficient (Wildman–Crippen LogP) is 4.58. The normalized spacial score (nSPS) is 14.4. The molecule has 5 heteroatoms. The van der Waals surface area contributed by atoms with E-state index in [4.69, 9.17) is 9.47 Å². The third kappa shape index (κ3) is 5.26. The van der Waals surface area contributed by atoms with E-state index in [9.17, 15) is 9.90 Å². The van der Waals surface area contributed by atoms with Gasteiger partial charge in [0.1, 0.15) is 11.3 Å². The van der Waals surface area contributed by atoms with E-state index in [1.165, 1.54) is 0 Å². The Balaban J connectivity index is 2.39. The van der Waals surface area contributed by atoms with E-state index in [0.29, 0.717) is 0 Å². The van der Waals surface area contributed by atoms with Crippen LogP contribution in [-0.4, -0.2) is 29.8 Å². The van der Waals surface area contributed by atoms with Gasteiger partial charge >= 0.3 is 5.97 Å². The summed E-state index contributed by atoms with van der Waals surface area (Å²) in [7, 11) is 1.61. The van der Waals surface area contributed by atoms with Crippen LogP contribution in [0.4, 0.5) is 5.69 Å². The van der Waals surface area contributed by atoms with Gasteiger partial charge in [0.2, 0.25) is 0 Å². The fraction of sp³-hybridized carbons (Fsp3) is 0.435. The molecule has 0 bridgehead atoms. The molecule has 0 aromatic heterocycles. The Morgan fingerprint density at radius 3 is 2.14 bits per heavy atom. The number of aliphatic hydroxyl groups is 1. The van der Waals surface area contributed by atoms with E-state index in [-0.39, 0.29) is 24.4 Å². The molecule has 2 atom stereocenters. The highest BCUT2D eigenvalue weighted by atomic mass is 16.5. The van der Waals surface area contributed by atoms with Crippen molar-refractivity contribution in [3.8, 4) is 5.75 Å². The highest BCUT2D eigenvalue weighted by Crippen LogP contribution is 2.35. The van der Waals surface area contributed by atoms with Crippen LogP contribution in [0.1, 0.15) is 45.8 Å². The van der Waals surface area contributed by atoms with Gasteiger partial charge in [0.25, 0.3) is 0 Å². The molecule has 0 aliphatic carbocycles. The SMILES string of the molecule is COc1ccc(NC(C[C@@H](O)c2ccccc2)(C(=O)OC(C)C)C(C)C)cc1. The van der Waals surface area contributed by atoms with Crippen LogP contribution in [-0.2, 0) is 9.53 Å². The lowest BCUT2D eigenvalue weighted by Crippen LogP contribution is -2.53. The first-order valence-electron chi connectivity index (χ1n) is 9.65. The minimum absolute atomic E-state index is 0.126. The van der Waals surface area contributed by atoms with Crippen LogP contribution in [0.5, 0.6) is 5.75 Å². The fourth-order valence-corrected chi connectivity index (χ4v) is 3.15. The first-order chi connectivity index (χ1) is 13.3. The number of anilines is 1. The molecule has 0 fully saturated rings. The average molecular weight is 386 g/mol. The molecule has 0 radical (unpaired) electrons. The number of nitrogens with one attached hydrogen (secondary N) is 1. The number of aliphatic hydroxyl groups excluding tert-OH is 1. The zero-order valence-electron chi connectivity index (χ0n) is 17.3. The summed E-state index contributed by atoms with van der Waals surface area (Å²) in [6.07, 6.45) is -0.877. The number of carbonyl (C=O) groups excluding carboxylic acids is 1. The van der Waals surface area contributed by atoms with E-state index >= 15 is 0 Å². The molecule has 2 aromatic carbocycles. The Morgan fingerprint density at radius 2 is 1.64 bits per heavy atom. The highest BCUT2D eigenvalue weighted by Gasteiger charge is 2.45. The van der Waals surface area contributed by atoms with Crippen LogP contribution < -0.4 is 10.1 Å². The van der Waals surface area contributed by atoms with Crippen molar-refractivity contribution >= 4 is 11.7 Å². The molecule has 5 nitrogen and oxygen atoms in total. The maximum atomic E-state index is 13.2. The zero-order chi connectivity index (χ0) is 20.7. The summed E-state index contributed by atoms with van der Waals surface area (Å²) in [6, 6.07) is 16.7. The molecule has 0 spiro atoms. The number of carbonyl (C=O) groups is 1. The molecule has 0 aliphatic rings. The Bertz CT molecular complexity index is 743. The molecular formula is C23H31NO4. The smallest absolute Gasteiger partial charge is 0.332 e. The van der Waals surface area contributed by atoms with Crippen LogP contribution in [0, 0.1) is 5.92 Å². The highest BCUT2D eigenvalue weighted by molar-refractivity contribution is 5.85. The van der Waals surface area contributed by atoms with Crippen molar-refractivity contribution in [3.05, 3.63) is 60.2 Å². The number of rotatable bonds is 9. The lowest BCUT2D eigenvalue weighted by atomic mass is 9.79. The summed E-state index contributed by atoms with van der Waals surface area (Å²) in [4.78, 5) is 13.2. The van der Waals surface area contributed by atoms with Gasteiger partial charge in [-0.05, 0) is 49.6 Å². The quantitative estimate of drug-likeness (QED) is 0.619. The van der Waals surface area contributed by atoms with Gasteiger partial charge in [0.15, 0.2) is 0 Å². The minimum Gasteiger partial charge on any atom is -0.497 e. The Morgan fingerprint density at radius 1 is 1.04 bits per heavy atom. The van der Waals surface area contributed by atoms with Crippen molar-refractivity contribution in [1.29, 1.82) is 0 Å². The molecule has 1 unspecified atom stereocenters. The number of esters is 1. The zero-order valence-corrected chi connectivity index (χ0v) is 17.3. The first-order valence-corrected chi connectivity index (χ1v) is 9.65. The van der Waals surface area contributed by atoms with Crippen LogP contribution in [0.3, 0.4) is 0 Å². The Labute approximate surface area is 167 Å². The largest absolute Gasteiger partial charge is 0.497 e. The number of hydrogen-bond donors (Lipinski definition) is 2.